The molecule has 1 aromatic rings. The van der Waals surface area contributed by atoms with Crippen LogP contribution in [0.3, 0.4) is 0 Å². The molecule has 0 saturated heterocycles. The van der Waals surface area contributed by atoms with Gasteiger partial charge >= 0.3 is 0 Å². The van der Waals surface area contributed by atoms with E-state index in [1.165, 1.54) is 6.92 Å². The summed E-state index contributed by atoms with van der Waals surface area (Å²) in [6, 6.07) is 7.19. The van der Waals surface area contributed by atoms with Crippen molar-refractivity contribution in [1.82, 2.24) is 4.90 Å². The Labute approximate surface area is 126 Å². The van der Waals surface area contributed by atoms with E-state index in [9.17, 15) is 9.59 Å². The highest BCUT2D eigenvalue weighted by Crippen LogP contribution is 2.16. The van der Waals surface area contributed by atoms with Gasteiger partial charge < -0.3 is 15.0 Å². The van der Waals surface area contributed by atoms with Gasteiger partial charge in [0.1, 0.15) is 5.75 Å². The van der Waals surface area contributed by atoms with Crippen LogP contribution >= 0.6 is 0 Å². The maximum Gasteiger partial charge on any atom is 0.226 e. The van der Waals surface area contributed by atoms with Gasteiger partial charge in [-0.25, -0.2) is 0 Å². The zero-order valence-electron chi connectivity index (χ0n) is 13.2. The molecule has 0 aliphatic heterocycles. The molecule has 0 unspecified atom stereocenters. The first kappa shape index (κ1) is 17.0. The number of benzene rings is 1. The topological polar surface area (TPSA) is 58.6 Å². The molecule has 0 aliphatic carbocycles. The molecule has 0 aromatic heterocycles. The van der Waals surface area contributed by atoms with Gasteiger partial charge in [0.05, 0.1) is 7.11 Å². The quantitative estimate of drug-likeness (QED) is 0.840. The number of nitrogens with zero attached hydrogens (tertiary/aromatic N) is 1. The van der Waals surface area contributed by atoms with Crippen molar-refractivity contribution in [1.29, 1.82) is 0 Å². The Balaban J connectivity index is 2.50. The summed E-state index contributed by atoms with van der Waals surface area (Å²) in [5.74, 6) is 0.962. The van der Waals surface area contributed by atoms with Crippen molar-refractivity contribution in [3.63, 3.8) is 0 Å². The van der Waals surface area contributed by atoms with Crippen LogP contribution in [0.5, 0.6) is 5.75 Å². The van der Waals surface area contributed by atoms with Crippen molar-refractivity contribution in [2.75, 3.05) is 25.5 Å². The normalized spacial score (nSPS) is 10.3. The molecule has 1 rings (SSSR count). The fourth-order valence-corrected chi connectivity index (χ4v) is 1.98. The van der Waals surface area contributed by atoms with Crippen molar-refractivity contribution in [2.45, 2.75) is 27.2 Å². The highest BCUT2D eigenvalue weighted by molar-refractivity contribution is 5.91. The SMILES string of the molecule is COc1cccc(NC(=O)CCN(CC(C)C)C(C)=O)c1. The maximum absolute atomic E-state index is 11.9. The number of carbonyl (C=O) groups is 2. The Morgan fingerprint density at radius 2 is 2.05 bits per heavy atom. The van der Waals surface area contributed by atoms with Crippen LogP contribution in [0.2, 0.25) is 0 Å². The van der Waals surface area contributed by atoms with Crippen LogP contribution < -0.4 is 10.1 Å². The Kier molecular flexibility index (Phi) is 6.72. The predicted molar refractivity (Wildman–Crippen MR) is 83.3 cm³/mol. The van der Waals surface area contributed by atoms with Gasteiger partial charge in [-0.2, -0.15) is 0 Å². The number of carbonyl (C=O) groups excluding carboxylic acids is 2. The van der Waals surface area contributed by atoms with E-state index < -0.39 is 0 Å². The molecule has 0 heterocycles. The van der Waals surface area contributed by atoms with Gasteiger partial charge in [0.15, 0.2) is 0 Å². The number of rotatable bonds is 7. The Hall–Kier alpha value is -2.04. The Bertz CT molecular complexity index is 486. The van der Waals surface area contributed by atoms with Crippen molar-refractivity contribution < 1.29 is 14.3 Å². The van der Waals surface area contributed by atoms with Crippen molar-refractivity contribution in [3.05, 3.63) is 24.3 Å². The summed E-state index contributed by atoms with van der Waals surface area (Å²) in [7, 11) is 1.58. The minimum Gasteiger partial charge on any atom is -0.497 e. The molecule has 5 heteroatoms. The monoisotopic (exact) mass is 292 g/mol. The van der Waals surface area contributed by atoms with Crippen LogP contribution in [0.25, 0.3) is 0 Å². The molecular formula is C16H24N2O3. The Morgan fingerprint density at radius 1 is 1.33 bits per heavy atom. The standard InChI is InChI=1S/C16H24N2O3/c1-12(2)11-18(13(3)19)9-8-16(20)17-14-6-5-7-15(10-14)21-4/h5-7,10,12H,8-9,11H2,1-4H3,(H,17,20). The summed E-state index contributed by atoms with van der Waals surface area (Å²) < 4.78 is 5.11. The molecule has 5 nitrogen and oxygen atoms in total. The number of amides is 2. The van der Waals surface area contributed by atoms with E-state index in [2.05, 4.69) is 5.32 Å². The molecule has 1 N–H and O–H groups in total. The minimum absolute atomic E-state index is 0.00196. The number of hydrogen-bond acceptors (Lipinski definition) is 3. The molecule has 0 saturated carbocycles. The zero-order chi connectivity index (χ0) is 15.8. The fourth-order valence-electron chi connectivity index (χ4n) is 1.98. The number of hydrogen-bond donors (Lipinski definition) is 1. The number of ether oxygens (including phenoxy) is 1. The van der Waals surface area contributed by atoms with Crippen LogP contribution in [0.15, 0.2) is 24.3 Å². The van der Waals surface area contributed by atoms with E-state index in [0.717, 1.165) is 0 Å². The highest BCUT2D eigenvalue weighted by atomic mass is 16.5. The number of anilines is 1. The summed E-state index contributed by atoms with van der Waals surface area (Å²) in [6.45, 7) is 6.73. The van der Waals surface area contributed by atoms with E-state index in [4.69, 9.17) is 4.74 Å². The number of nitrogens with one attached hydrogen (secondary N) is 1. The average Bonchev–Trinajstić information content (AvgIpc) is 2.43. The minimum atomic E-state index is -0.113. The molecular weight excluding hydrogens is 268 g/mol. The zero-order valence-corrected chi connectivity index (χ0v) is 13.2. The summed E-state index contributed by atoms with van der Waals surface area (Å²) in [6.07, 6.45) is 0.281. The lowest BCUT2D eigenvalue weighted by atomic mass is 10.2. The molecule has 0 radical (unpaired) electrons. The van der Waals surface area contributed by atoms with Crippen molar-refractivity contribution >= 4 is 17.5 Å². The lowest BCUT2D eigenvalue weighted by Gasteiger charge is -2.22. The summed E-state index contributed by atoms with van der Waals surface area (Å²) in [5, 5.41) is 2.81. The third kappa shape index (κ3) is 6.29. The van der Waals surface area contributed by atoms with Gasteiger partial charge in [-0.15, -0.1) is 0 Å². The van der Waals surface area contributed by atoms with E-state index in [-0.39, 0.29) is 18.2 Å². The lowest BCUT2D eigenvalue weighted by Crippen LogP contribution is -2.34. The molecule has 2 amide bonds. The van der Waals surface area contributed by atoms with Crippen LogP contribution in [0.1, 0.15) is 27.2 Å². The van der Waals surface area contributed by atoms with Crippen LogP contribution in [0, 0.1) is 5.92 Å². The Morgan fingerprint density at radius 3 is 2.62 bits per heavy atom. The van der Waals surface area contributed by atoms with Crippen LogP contribution in [0.4, 0.5) is 5.69 Å². The van der Waals surface area contributed by atoms with Gasteiger partial charge in [-0.05, 0) is 18.1 Å². The van der Waals surface area contributed by atoms with Crippen molar-refractivity contribution in [2.24, 2.45) is 5.92 Å². The molecule has 21 heavy (non-hydrogen) atoms. The highest BCUT2D eigenvalue weighted by Gasteiger charge is 2.12. The first-order chi connectivity index (χ1) is 9.92. The molecule has 1 aromatic carbocycles. The van der Waals surface area contributed by atoms with Gasteiger partial charge in [-0.1, -0.05) is 19.9 Å². The third-order valence-corrected chi connectivity index (χ3v) is 2.99. The summed E-state index contributed by atoms with van der Waals surface area (Å²) >= 11 is 0. The van der Waals surface area contributed by atoms with Gasteiger partial charge in [0.25, 0.3) is 0 Å². The molecule has 0 fully saturated rings. The largest absolute Gasteiger partial charge is 0.497 e. The van der Waals surface area contributed by atoms with E-state index in [0.29, 0.717) is 30.4 Å². The maximum atomic E-state index is 11.9. The second-order valence-electron chi connectivity index (χ2n) is 5.39. The van der Waals surface area contributed by atoms with Gasteiger partial charge in [0.2, 0.25) is 11.8 Å². The summed E-state index contributed by atoms with van der Waals surface area (Å²) in [4.78, 5) is 25.2. The van der Waals surface area contributed by atoms with Gasteiger partial charge in [-0.3, -0.25) is 9.59 Å². The first-order valence-corrected chi connectivity index (χ1v) is 7.11. The second kappa shape index (κ2) is 8.29. The fraction of sp³-hybridized carbons (Fsp3) is 0.500. The van der Waals surface area contributed by atoms with Crippen LogP contribution in [-0.4, -0.2) is 36.9 Å². The second-order valence-corrected chi connectivity index (χ2v) is 5.39. The molecule has 0 bridgehead atoms. The molecule has 0 spiro atoms. The lowest BCUT2D eigenvalue weighted by molar-refractivity contribution is -0.129. The summed E-state index contributed by atoms with van der Waals surface area (Å²) in [5.41, 5.74) is 0.692. The van der Waals surface area contributed by atoms with Crippen molar-refractivity contribution in [3.8, 4) is 5.75 Å². The van der Waals surface area contributed by atoms with E-state index in [1.54, 1.807) is 24.1 Å². The smallest absolute Gasteiger partial charge is 0.226 e. The third-order valence-electron chi connectivity index (χ3n) is 2.99. The van der Waals surface area contributed by atoms with Crippen LogP contribution in [-0.2, 0) is 9.59 Å². The predicted octanol–water partition coefficient (Wildman–Crippen LogP) is 2.53. The van der Waals surface area contributed by atoms with E-state index in [1.807, 2.05) is 26.0 Å². The molecule has 116 valence electrons. The number of methoxy groups -OCH3 is 1. The van der Waals surface area contributed by atoms with Gasteiger partial charge in [0, 0.05) is 38.2 Å². The first-order valence-electron chi connectivity index (χ1n) is 7.11. The van der Waals surface area contributed by atoms with E-state index >= 15 is 0 Å². The molecule has 0 aliphatic rings. The molecule has 0 atom stereocenters. The average molecular weight is 292 g/mol.